The van der Waals surface area contributed by atoms with Crippen LogP contribution in [0.25, 0.3) is 10.2 Å². The number of thiophene rings is 1. The predicted molar refractivity (Wildman–Crippen MR) is 92.1 cm³/mol. The van der Waals surface area contributed by atoms with Gasteiger partial charge in [-0.2, -0.15) is 0 Å². The first kappa shape index (κ1) is 15.7. The van der Waals surface area contributed by atoms with E-state index in [-0.39, 0.29) is 11.3 Å². The van der Waals surface area contributed by atoms with E-state index in [0.717, 1.165) is 29.5 Å². The molecule has 0 aromatic carbocycles. The van der Waals surface area contributed by atoms with Crippen molar-refractivity contribution in [2.45, 2.75) is 51.7 Å². The summed E-state index contributed by atoms with van der Waals surface area (Å²) in [5.74, 6) is 1.14. The Morgan fingerprint density at radius 2 is 2.27 bits per heavy atom. The van der Waals surface area contributed by atoms with Gasteiger partial charge >= 0.3 is 0 Å². The summed E-state index contributed by atoms with van der Waals surface area (Å²) in [6.45, 7) is 6.36. The lowest BCUT2D eigenvalue weighted by Crippen LogP contribution is -2.23. The number of Topliss-reactive ketones (excluding diaryl/α,β-unsaturated/α-hetero) is 1. The van der Waals surface area contributed by atoms with Gasteiger partial charge < -0.3 is 0 Å². The quantitative estimate of drug-likeness (QED) is 0.635. The third-order valence-electron chi connectivity index (χ3n) is 4.10. The van der Waals surface area contributed by atoms with Gasteiger partial charge in [-0.15, -0.1) is 11.3 Å². The zero-order chi connectivity index (χ0) is 15.9. The number of hydrogen-bond donors (Lipinski definition) is 0. The minimum atomic E-state index is 0.0607. The van der Waals surface area contributed by atoms with Crippen LogP contribution < -0.4 is 5.56 Å². The van der Waals surface area contributed by atoms with Gasteiger partial charge in [-0.3, -0.25) is 14.2 Å². The summed E-state index contributed by atoms with van der Waals surface area (Å²) in [7, 11) is 0. The monoisotopic (exact) mass is 336 g/mol. The van der Waals surface area contributed by atoms with E-state index < -0.39 is 0 Å². The number of ketones is 1. The lowest BCUT2D eigenvalue weighted by Gasteiger charge is -2.17. The molecule has 0 amide bonds. The molecule has 0 bridgehead atoms. The zero-order valence-electron chi connectivity index (χ0n) is 13.1. The number of fused-ring (bicyclic) bond motifs is 3. The van der Waals surface area contributed by atoms with Crippen LogP contribution >= 0.6 is 23.1 Å². The van der Waals surface area contributed by atoms with E-state index in [9.17, 15) is 9.59 Å². The SMILES string of the molecule is CCn1c(SCC(C)=O)nc2sc3c(c2c1=O)CCC(C)C3. The second-order valence-electron chi connectivity index (χ2n) is 5.97. The van der Waals surface area contributed by atoms with Crippen molar-refractivity contribution in [2.75, 3.05) is 5.75 Å². The van der Waals surface area contributed by atoms with E-state index in [1.807, 2.05) is 6.92 Å². The number of carbonyl (C=O) groups is 1. The highest BCUT2D eigenvalue weighted by molar-refractivity contribution is 7.99. The summed E-state index contributed by atoms with van der Waals surface area (Å²) in [6, 6.07) is 0. The Kier molecular flexibility index (Phi) is 4.41. The normalized spacial score (nSPS) is 17.7. The highest BCUT2D eigenvalue weighted by Crippen LogP contribution is 2.36. The van der Waals surface area contributed by atoms with E-state index in [0.29, 0.717) is 23.4 Å². The lowest BCUT2D eigenvalue weighted by molar-refractivity contribution is -0.114. The molecule has 0 N–H and O–H groups in total. The molecule has 0 radical (unpaired) electrons. The molecule has 3 rings (SSSR count). The molecule has 2 aromatic heterocycles. The molecule has 1 atom stereocenters. The molecule has 1 unspecified atom stereocenters. The second kappa shape index (κ2) is 6.16. The summed E-state index contributed by atoms with van der Waals surface area (Å²) < 4.78 is 1.71. The van der Waals surface area contributed by atoms with Crippen molar-refractivity contribution in [1.29, 1.82) is 0 Å². The summed E-state index contributed by atoms with van der Waals surface area (Å²) in [6.07, 6.45) is 3.18. The Morgan fingerprint density at radius 3 is 2.95 bits per heavy atom. The van der Waals surface area contributed by atoms with Crippen molar-refractivity contribution in [1.82, 2.24) is 9.55 Å². The average molecular weight is 336 g/mol. The van der Waals surface area contributed by atoms with Crippen LogP contribution in [0.1, 0.15) is 37.6 Å². The Morgan fingerprint density at radius 1 is 1.50 bits per heavy atom. The third-order valence-corrected chi connectivity index (χ3v) is 6.37. The Balaban J connectivity index is 2.15. The number of aryl methyl sites for hydroxylation is 1. The number of aromatic nitrogens is 2. The fourth-order valence-electron chi connectivity index (χ4n) is 2.96. The number of thioether (sulfide) groups is 1. The minimum Gasteiger partial charge on any atom is -0.299 e. The predicted octanol–water partition coefficient (Wildman–Crippen LogP) is 3.28. The number of nitrogens with zero attached hydrogens (tertiary/aromatic N) is 2. The molecule has 0 saturated carbocycles. The highest BCUT2D eigenvalue weighted by atomic mass is 32.2. The van der Waals surface area contributed by atoms with E-state index in [1.165, 1.54) is 22.2 Å². The van der Waals surface area contributed by atoms with Gasteiger partial charge in [-0.25, -0.2) is 4.98 Å². The minimum absolute atomic E-state index is 0.0607. The molecule has 0 spiro atoms. The number of carbonyl (C=O) groups excluding carboxylic acids is 1. The average Bonchev–Trinajstić information content (AvgIpc) is 2.82. The first-order chi connectivity index (χ1) is 10.5. The van der Waals surface area contributed by atoms with Gasteiger partial charge in [-0.05, 0) is 44.6 Å². The van der Waals surface area contributed by atoms with Crippen molar-refractivity contribution in [2.24, 2.45) is 5.92 Å². The van der Waals surface area contributed by atoms with Crippen molar-refractivity contribution in [3.8, 4) is 0 Å². The molecule has 0 aliphatic heterocycles. The van der Waals surface area contributed by atoms with Crippen LogP contribution in [0.3, 0.4) is 0 Å². The maximum absolute atomic E-state index is 12.9. The molecule has 0 saturated heterocycles. The van der Waals surface area contributed by atoms with Gasteiger partial charge in [0.25, 0.3) is 5.56 Å². The fourth-order valence-corrected chi connectivity index (χ4v) is 5.25. The summed E-state index contributed by atoms with van der Waals surface area (Å²) >= 11 is 3.03. The van der Waals surface area contributed by atoms with Gasteiger partial charge in [0.15, 0.2) is 5.16 Å². The first-order valence-corrected chi connectivity index (χ1v) is 9.48. The topological polar surface area (TPSA) is 52.0 Å². The fraction of sp³-hybridized carbons (Fsp3) is 0.562. The standard InChI is InChI=1S/C16H20N2O2S2/c1-4-18-15(20)13-11-6-5-9(2)7-12(11)22-14(13)17-16(18)21-8-10(3)19/h9H,4-8H2,1-3H3. The van der Waals surface area contributed by atoms with Gasteiger partial charge in [0.2, 0.25) is 0 Å². The highest BCUT2D eigenvalue weighted by Gasteiger charge is 2.24. The Bertz CT molecular complexity index is 792. The Labute approximate surface area is 137 Å². The van der Waals surface area contributed by atoms with Crippen molar-refractivity contribution >= 4 is 39.1 Å². The summed E-state index contributed by atoms with van der Waals surface area (Å²) in [4.78, 5) is 31.0. The molecule has 2 heterocycles. The van der Waals surface area contributed by atoms with Crippen LogP contribution in [-0.2, 0) is 24.2 Å². The smallest absolute Gasteiger partial charge is 0.263 e. The number of hydrogen-bond acceptors (Lipinski definition) is 5. The van der Waals surface area contributed by atoms with Crippen LogP contribution in [0.15, 0.2) is 9.95 Å². The molecule has 4 nitrogen and oxygen atoms in total. The van der Waals surface area contributed by atoms with E-state index in [4.69, 9.17) is 4.98 Å². The Hall–Kier alpha value is -1.14. The summed E-state index contributed by atoms with van der Waals surface area (Å²) in [5, 5.41) is 1.49. The molecule has 22 heavy (non-hydrogen) atoms. The molecule has 1 aliphatic carbocycles. The van der Waals surface area contributed by atoms with E-state index >= 15 is 0 Å². The molecule has 0 fully saturated rings. The molecule has 1 aliphatic rings. The largest absolute Gasteiger partial charge is 0.299 e. The van der Waals surface area contributed by atoms with Crippen molar-refractivity contribution < 1.29 is 4.79 Å². The zero-order valence-corrected chi connectivity index (χ0v) is 14.8. The maximum Gasteiger partial charge on any atom is 0.263 e. The van der Waals surface area contributed by atoms with Crippen LogP contribution in [0, 0.1) is 5.92 Å². The molecular formula is C16H20N2O2S2. The first-order valence-electron chi connectivity index (χ1n) is 7.68. The van der Waals surface area contributed by atoms with Crippen LogP contribution in [-0.4, -0.2) is 21.1 Å². The lowest BCUT2D eigenvalue weighted by atomic mass is 9.89. The molecule has 118 valence electrons. The maximum atomic E-state index is 12.9. The molecule has 2 aromatic rings. The van der Waals surface area contributed by atoms with Crippen molar-refractivity contribution in [3.63, 3.8) is 0 Å². The molecule has 6 heteroatoms. The van der Waals surface area contributed by atoms with E-state index in [2.05, 4.69) is 6.92 Å². The second-order valence-corrected chi connectivity index (χ2v) is 7.99. The van der Waals surface area contributed by atoms with Gasteiger partial charge in [0.05, 0.1) is 11.1 Å². The number of rotatable bonds is 4. The van der Waals surface area contributed by atoms with Gasteiger partial charge in [0, 0.05) is 11.4 Å². The van der Waals surface area contributed by atoms with Crippen LogP contribution in [0.4, 0.5) is 0 Å². The van der Waals surface area contributed by atoms with Crippen molar-refractivity contribution in [3.05, 3.63) is 20.8 Å². The van der Waals surface area contributed by atoms with Gasteiger partial charge in [-0.1, -0.05) is 18.7 Å². The van der Waals surface area contributed by atoms with Crippen LogP contribution in [0.2, 0.25) is 0 Å². The van der Waals surface area contributed by atoms with Crippen LogP contribution in [0.5, 0.6) is 0 Å². The van der Waals surface area contributed by atoms with E-state index in [1.54, 1.807) is 22.8 Å². The van der Waals surface area contributed by atoms with Gasteiger partial charge in [0.1, 0.15) is 10.6 Å². The summed E-state index contributed by atoms with van der Waals surface area (Å²) in [5.41, 5.74) is 1.28. The third kappa shape index (κ3) is 2.74. The molecular weight excluding hydrogens is 316 g/mol.